The van der Waals surface area contributed by atoms with Crippen LogP contribution in [0.4, 0.5) is 10.9 Å². The molecule has 0 radical (unpaired) electrons. The van der Waals surface area contributed by atoms with E-state index in [0.29, 0.717) is 11.8 Å². The highest BCUT2D eigenvalue weighted by atomic mass is 32.1. The van der Waals surface area contributed by atoms with Crippen molar-refractivity contribution in [2.75, 3.05) is 29.9 Å². The molecule has 28 heavy (non-hydrogen) atoms. The molecule has 0 aliphatic carbocycles. The number of pyridine rings is 1. The molecular formula is C21H27N5OS. The highest BCUT2D eigenvalue weighted by Crippen LogP contribution is 2.31. The maximum atomic E-state index is 9.49. The largest absolute Gasteiger partial charge is 0.396 e. The van der Waals surface area contributed by atoms with E-state index in [9.17, 15) is 5.11 Å². The maximum absolute atomic E-state index is 9.49. The van der Waals surface area contributed by atoms with Gasteiger partial charge >= 0.3 is 0 Å². The lowest BCUT2D eigenvalue weighted by molar-refractivity contribution is 0.208. The highest BCUT2D eigenvalue weighted by Gasteiger charge is 2.24. The van der Waals surface area contributed by atoms with Crippen molar-refractivity contribution in [2.45, 2.75) is 33.1 Å². The van der Waals surface area contributed by atoms with Crippen LogP contribution in [-0.4, -0.2) is 40.5 Å². The topological polar surface area (TPSA) is 73.6 Å². The summed E-state index contributed by atoms with van der Waals surface area (Å²) in [5, 5.41) is 13.9. The smallest absolute Gasteiger partial charge is 0.185 e. The number of rotatable bonds is 5. The normalized spacial score (nSPS) is 22.6. The molecule has 2 aliphatic heterocycles. The van der Waals surface area contributed by atoms with Crippen LogP contribution < -0.4 is 10.2 Å². The van der Waals surface area contributed by atoms with E-state index in [-0.39, 0.29) is 6.61 Å². The van der Waals surface area contributed by atoms with Crippen LogP contribution in [0.5, 0.6) is 0 Å². The summed E-state index contributed by atoms with van der Waals surface area (Å²) in [5.74, 6) is 2.38. The number of piperidine rings is 1. The molecule has 2 atom stereocenters. The Bertz CT molecular complexity index is 890. The second kappa shape index (κ2) is 8.41. The summed E-state index contributed by atoms with van der Waals surface area (Å²) in [5.41, 5.74) is 2.25. The molecule has 2 aromatic rings. The molecule has 4 rings (SSSR count). The van der Waals surface area contributed by atoms with Gasteiger partial charge in [0.2, 0.25) is 0 Å². The van der Waals surface area contributed by atoms with Gasteiger partial charge in [0, 0.05) is 38.0 Å². The Morgan fingerprint density at radius 3 is 3.07 bits per heavy atom. The van der Waals surface area contributed by atoms with Gasteiger partial charge in [0.05, 0.1) is 10.6 Å². The van der Waals surface area contributed by atoms with Crippen LogP contribution in [0, 0.1) is 18.8 Å². The zero-order valence-electron chi connectivity index (χ0n) is 16.4. The predicted octanol–water partition coefficient (Wildman–Crippen LogP) is 3.84. The van der Waals surface area contributed by atoms with Crippen LogP contribution in [0.3, 0.4) is 0 Å². The van der Waals surface area contributed by atoms with Crippen molar-refractivity contribution in [3.63, 3.8) is 0 Å². The second-order valence-electron chi connectivity index (χ2n) is 7.71. The number of thiazole rings is 1. The molecule has 2 aliphatic rings. The first-order chi connectivity index (χ1) is 13.6. The minimum atomic E-state index is 0.255. The van der Waals surface area contributed by atoms with Gasteiger partial charge < -0.3 is 15.3 Å². The number of allylic oxidation sites excluding steroid dienone is 1. The van der Waals surface area contributed by atoms with Crippen LogP contribution >= 0.6 is 11.3 Å². The number of aliphatic imine (C=N–C) groups is 1. The van der Waals surface area contributed by atoms with E-state index >= 15 is 0 Å². The fourth-order valence-corrected chi connectivity index (χ4v) is 4.77. The van der Waals surface area contributed by atoms with Crippen molar-refractivity contribution in [3.8, 4) is 0 Å². The minimum Gasteiger partial charge on any atom is -0.396 e. The van der Waals surface area contributed by atoms with Crippen molar-refractivity contribution in [3.05, 3.63) is 46.9 Å². The van der Waals surface area contributed by atoms with Crippen molar-refractivity contribution >= 4 is 28.0 Å². The van der Waals surface area contributed by atoms with E-state index in [2.05, 4.69) is 40.1 Å². The van der Waals surface area contributed by atoms with E-state index in [4.69, 9.17) is 4.99 Å². The monoisotopic (exact) mass is 397 g/mol. The van der Waals surface area contributed by atoms with Gasteiger partial charge in [-0.1, -0.05) is 18.3 Å². The van der Waals surface area contributed by atoms with Gasteiger partial charge in [0.15, 0.2) is 5.13 Å². The van der Waals surface area contributed by atoms with Crippen molar-refractivity contribution in [2.24, 2.45) is 16.8 Å². The van der Waals surface area contributed by atoms with Gasteiger partial charge in [0.25, 0.3) is 0 Å². The molecule has 0 amide bonds. The number of aliphatic hydroxyl groups excluding tert-OH is 1. The Kier molecular flexibility index (Phi) is 5.73. The van der Waals surface area contributed by atoms with Crippen LogP contribution in [0.25, 0.3) is 0 Å². The first-order valence-corrected chi connectivity index (χ1v) is 10.7. The minimum absolute atomic E-state index is 0.255. The summed E-state index contributed by atoms with van der Waals surface area (Å²) in [6.45, 7) is 6.42. The van der Waals surface area contributed by atoms with Gasteiger partial charge in [-0.2, -0.15) is 0 Å². The summed E-state index contributed by atoms with van der Waals surface area (Å²) < 4.78 is 0. The average Bonchev–Trinajstić information content (AvgIpc) is 3.19. The number of nitrogens with zero attached hydrogens (tertiary/aromatic N) is 4. The molecule has 2 aromatic heterocycles. The molecule has 0 aromatic carbocycles. The van der Waals surface area contributed by atoms with Crippen LogP contribution in [0.15, 0.2) is 41.4 Å². The summed E-state index contributed by atoms with van der Waals surface area (Å²) in [4.78, 5) is 17.4. The lowest BCUT2D eigenvalue weighted by Crippen LogP contribution is -2.36. The van der Waals surface area contributed by atoms with Gasteiger partial charge in [-0.25, -0.2) is 15.0 Å². The molecule has 148 valence electrons. The Morgan fingerprint density at radius 1 is 1.36 bits per heavy atom. The highest BCUT2D eigenvalue weighted by molar-refractivity contribution is 7.17. The third-order valence-corrected chi connectivity index (χ3v) is 6.42. The van der Waals surface area contributed by atoms with Crippen LogP contribution in [0.1, 0.15) is 36.6 Å². The number of hydrogen-bond acceptors (Lipinski definition) is 7. The number of hydrogen-bond donors (Lipinski definition) is 2. The van der Waals surface area contributed by atoms with Crippen LogP contribution in [-0.2, 0) is 0 Å². The third-order valence-electron chi connectivity index (χ3n) is 5.34. The lowest BCUT2D eigenvalue weighted by Gasteiger charge is -2.31. The fourth-order valence-electron chi connectivity index (χ4n) is 3.72. The molecule has 6 nitrogen and oxygen atoms in total. The SMILES string of the molecule is Cc1ccnc(NC2=CCC(C)C(c3cnc(N4CCCC(CO)C4)s3)=N2)c1. The summed E-state index contributed by atoms with van der Waals surface area (Å²) in [6, 6.07) is 4.00. The Labute approximate surface area is 170 Å². The molecule has 2 unspecified atom stereocenters. The number of aromatic nitrogens is 2. The Hall–Kier alpha value is -2.25. The van der Waals surface area contributed by atoms with Crippen LogP contribution in [0.2, 0.25) is 0 Å². The molecule has 1 saturated heterocycles. The zero-order valence-corrected chi connectivity index (χ0v) is 17.2. The van der Waals surface area contributed by atoms with Gasteiger partial charge in [-0.15, -0.1) is 0 Å². The number of aliphatic hydroxyl groups is 1. The van der Waals surface area contributed by atoms with E-state index in [0.717, 1.165) is 59.7 Å². The fraction of sp³-hybridized carbons (Fsp3) is 0.476. The van der Waals surface area contributed by atoms with E-state index in [1.54, 1.807) is 11.3 Å². The Balaban J connectivity index is 1.52. The molecule has 1 fully saturated rings. The van der Waals surface area contributed by atoms with E-state index in [1.165, 1.54) is 5.56 Å². The molecule has 2 N–H and O–H groups in total. The standard InChI is InChI=1S/C21H27N5OS/c1-14-7-8-22-19(10-14)24-18-6-5-15(2)20(25-18)17-11-23-21(28-17)26-9-3-4-16(12-26)13-27/h6-8,10-11,15-16,27H,3-5,9,12-13H2,1-2H3,(H,22,24). The molecule has 7 heteroatoms. The average molecular weight is 398 g/mol. The number of aryl methyl sites for hydroxylation is 1. The molecular weight excluding hydrogens is 370 g/mol. The van der Waals surface area contributed by atoms with Crippen molar-refractivity contribution in [1.29, 1.82) is 0 Å². The molecule has 0 spiro atoms. The number of nitrogens with one attached hydrogen (secondary N) is 1. The predicted molar refractivity (Wildman–Crippen MR) is 115 cm³/mol. The second-order valence-corrected chi connectivity index (χ2v) is 8.72. The molecule has 0 bridgehead atoms. The van der Waals surface area contributed by atoms with Crippen molar-refractivity contribution in [1.82, 2.24) is 9.97 Å². The molecule has 0 saturated carbocycles. The summed E-state index contributed by atoms with van der Waals surface area (Å²) >= 11 is 1.70. The zero-order chi connectivity index (χ0) is 19.5. The number of anilines is 2. The third kappa shape index (κ3) is 4.25. The van der Waals surface area contributed by atoms with Gasteiger partial charge in [-0.3, -0.25) is 0 Å². The first-order valence-electron chi connectivity index (χ1n) is 9.93. The Morgan fingerprint density at radius 2 is 2.25 bits per heavy atom. The van der Waals surface area contributed by atoms with Crippen molar-refractivity contribution < 1.29 is 5.11 Å². The van der Waals surface area contributed by atoms with E-state index in [1.807, 2.05) is 24.5 Å². The quantitative estimate of drug-likeness (QED) is 0.802. The summed E-state index contributed by atoms with van der Waals surface area (Å²) in [6.07, 6.45) is 9.04. The van der Waals surface area contributed by atoms with Gasteiger partial charge in [0.1, 0.15) is 11.6 Å². The van der Waals surface area contributed by atoms with E-state index < -0.39 is 0 Å². The maximum Gasteiger partial charge on any atom is 0.185 e. The van der Waals surface area contributed by atoms with Gasteiger partial charge in [-0.05, 0) is 55.9 Å². The lowest BCUT2D eigenvalue weighted by atomic mass is 9.98. The first kappa shape index (κ1) is 19.1. The molecule has 4 heterocycles. The summed E-state index contributed by atoms with van der Waals surface area (Å²) in [7, 11) is 0.